The standard InChI is InChI=1S/C8H4ClFS/c9-5-1-2-8-6(3-5)7(10)4-11-8/h1-4H. The lowest BCUT2D eigenvalue weighted by atomic mass is 10.3. The molecule has 0 unspecified atom stereocenters. The summed E-state index contributed by atoms with van der Waals surface area (Å²) in [6, 6.07) is 5.23. The van der Waals surface area contributed by atoms with E-state index in [1.165, 1.54) is 16.7 Å². The Hall–Kier alpha value is -0.600. The van der Waals surface area contributed by atoms with Gasteiger partial charge in [-0.05, 0) is 18.2 Å². The van der Waals surface area contributed by atoms with Crippen LogP contribution in [0.3, 0.4) is 0 Å². The molecule has 56 valence electrons. The first-order valence-corrected chi connectivity index (χ1v) is 4.35. The molecule has 1 heterocycles. The molecule has 0 saturated heterocycles. The maximum atomic E-state index is 12.9. The van der Waals surface area contributed by atoms with Crippen LogP contribution in [0.25, 0.3) is 10.1 Å². The van der Waals surface area contributed by atoms with E-state index in [4.69, 9.17) is 11.6 Å². The van der Waals surface area contributed by atoms with Crippen LogP contribution >= 0.6 is 22.9 Å². The Morgan fingerprint density at radius 1 is 1.36 bits per heavy atom. The molecule has 0 amide bonds. The first kappa shape index (κ1) is 7.07. The summed E-state index contributed by atoms with van der Waals surface area (Å²) in [6.07, 6.45) is 0. The summed E-state index contributed by atoms with van der Waals surface area (Å²) in [4.78, 5) is 0. The molecular formula is C8H4ClFS. The molecule has 0 saturated carbocycles. The minimum absolute atomic E-state index is 0.187. The Balaban J connectivity index is 2.87. The van der Waals surface area contributed by atoms with E-state index in [-0.39, 0.29) is 5.82 Å². The van der Waals surface area contributed by atoms with Crippen LogP contribution in [0.15, 0.2) is 23.6 Å². The maximum absolute atomic E-state index is 12.9. The normalized spacial score (nSPS) is 10.7. The lowest BCUT2D eigenvalue weighted by Crippen LogP contribution is -1.67. The van der Waals surface area contributed by atoms with E-state index in [1.807, 2.05) is 6.07 Å². The molecule has 0 aliphatic rings. The average molecular weight is 187 g/mol. The van der Waals surface area contributed by atoms with Crippen LogP contribution in [0.5, 0.6) is 0 Å². The first-order chi connectivity index (χ1) is 5.27. The Bertz CT molecular complexity index is 394. The molecule has 0 aliphatic heterocycles. The molecule has 2 rings (SSSR count). The first-order valence-electron chi connectivity index (χ1n) is 3.09. The quantitative estimate of drug-likeness (QED) is 0.589. The van der Waals surface area contributed by atoms with E-state index < -0.39 is 0 Å². The predicted octanol–water partition coefficient (Wildman–Crippen LogP) is 3.69. The van der Waals surface area contributed by atoms with Gasteiger partial charge in [-0.2, -0.15) is 0 Å². The summed E-state index contributed by atoms with van der Waals surface area (Å²) in [5.74, 6) is -0.187. The SMILES string of the molecule is Fc1csc2ccc(Cl)cc12. The van der Waals surface area contributed by atoms with Crippen LogP contribution in [-0.4, -0.2) is 0 Å². The zero-order valence-corrected chi connectivity index (χ0v) is 7.05. The zero-order valence-electron chi connectivity index (χ0n) is 5.47. The third kappa shape index (κ3) is 1.12. The monoisotopic (exact) mass is 186 g/mol. The van der Waals surface area contributed by atoms with Gasteiger partial charge in [0, 0.05) is 20.5 Å². The summed E-state index contributed by atoms with van der Waals surface area (Å²) in [7, 11) is 0. The largest absolute Gasteiger partial charge is 0.205 e. The average Bonchev–Trinajstić information content (AvgIpc) is 2.33. The Morgan fingerprint density at radius 3 is 3.00 bits per heavy atom. The van der Waals surface area contributed by atoms with Crippen molar-refractivity contribution in [2.75, 3.05) is 0 Å². The van der Waals surface area contributed by atoms with Crippen LogP contribution < -0.4 is 0 Å². The van der Waals surface area contributed by atoms with Crippen molar-refractivity contribution >= 4 is 33.0 Å². The second kappa shape index (κ2) is 2.47. The van der Waals surface area contributed by atoms with Crippen LogP contribution in [0.1, 0.15) is 0 Å². The number of benzene rings is 1. The third-order valence-corrected chi connectivity index (χ3v) is 2.66. The van der Waals surface area contributed by atoms with Crippen molar-refractivity contribution in [1.29, 1.82) is 0 Å². The van der Waals surface area contributed by atoms with Gasteiger partial charge < -0.3 is 0 Å². The van der Waals surface area contributed by atoms with E-state index >= 15 is 0 Å². The van der Waals surface area contributed by atoms with Gasteiger partial charge >= 0.3 is 0 Å². The second-order valence-electron chi connectivity index (χ2n) is 2.22. The van der Waals surface area contributed by atoms with Crippen molar-refractivity contribution in [2.45, 2.75) is 0 Å². The molecule has 11 heavy (non-hydrogen) atoms. The van der Waals surface area contributed by atoms with Gasteiger partial charge in [-0.25, -0.2) is 4.39 Å². The van der Waals surface area contributed by atoms with Gasteiger partial charge in [0.25, 0.3) is 0 Å². The van der Waals surface area contributed by atoms with Crippen molar-refractivity contribution in [3.05, 3.63) is 34.4 Å². The maximum Gasteiger partial charge on any atom is 0.141 e. The molecule has 0 atom stereocenters. The number of halogens is 2. The summed E-state index contributed by atoms with van der Waals surface area (Å²) in [5.41, 5.74) is 0. The number of rotatable bonds is 0. The van der Waals surface area contributed by atoms with E-state index in [1.54, 1.807) is 12.1 Å². The molecule has 0 fully saturated rings. The molecule has 2 aromatic rings. The minimum Gasteiger partial charge on any atom is -0.205 e. The number of hydrogen-bond acceptors (Lipinski definition) is 1. The smallest absolute Gasteiger partial charge is 0.141 e. The van der Waals surface area contributed by atoms with E-state index in [0.717, 1.165) is 4.70 Å². The zero-order chi connectivity index (χ0) is 7.84. The van der Waals surface area contributed by atoms with Gasteiger partial charge in [0.1, 0.15) is 5.82 Å². The molecule has 0 spiro atoms. The fraction of sp³-hybridized carbons (Fsp3) is 0. The van der Waals surface area contributed by atoms with Crippen molar-refractivity contribution in [3.8, 4) is 0 Å². The molecule has 0 aliphatic carbocycles. The van der Waals surface area contributed by atoms with Gasteiger partial charge in [-0.15, -0.1) is 11.3 Å². The molecule has 0 N–H and O–H groups in total. The van der Waals surface area contributed by atoms with Gasteiger partial charge in [-0.1, -0.05) is 11.6 Å². The van der Waals surface area contributed by atoms with Crippen LogP contribution in [0, 0.1) is 5.82 Å². The van der Waals surface area contributed by atoms with Crippen molar-refractivity contribution in [1.82, 2.24) is 0 Å². The van der Waals surface area contributed by atoms with Crippen LogP contribution in [0.2, 0.25) is 5.02 Å². The highest BCUT2D eigenvalue weighted by Crippen LogP contribution is 2.26. The topological polar surface area (TPSA) is 0 Å². The lowest BCUT2D eigenvalue weighted by Gasteiger charge is -1.89. The highest BCUT2D eigenvalue weighted by Gasteiger charge is 2.02. The van der Waals surface area contributed by atoms with Gasteiger partial charge in [0.2, 0.25) is 0 Å². The summed E-state index contributed by atoms with van der Waals surface area (Å²) in [5, 5.41) is 2.68. The van der Waals surface area contributed by atoms with E-state index in [2.05, 4.69) is 0 Å². The molecule has 1 aromatic heterocycles. The van der Waals surface area contributed by atoms with Gasteiger partial charge in [0.05, 0.1) is 0 Å². The van der Waals surface area contributed by atoms with Crippen LogP contribution in [-0.2, 0) is 0 Å². The highest BCUT2D eigenvalue weighted by molar-refractivity contribution is 7.17. The Kier molecular flexibility index (Phi) is 1.59. The number of fused-ring (bicyclic) bond motifs is 1. The molecule has 0 radical (unpaired) electrons. The molecular weight excluding hydrogens is 183 g/mol. The molecule has 3 heteroatoms. The van der Waals surface area contributed by atoms with Crippen molar-refractivity contribution < 1.29 is 4.39 Å². The molecule has 0 nitrogen and oxygen atoms in total. The summed E-state index contributed by atoms with van der Waals surface area (Å²) >= 11 is 7.07. The fourth-order valence-corrected chi connectivity index (χ4v) is 1.93. The summed E-state index contributed by atoms with van der Waals surface area (Å²) in [6.45, 7) is 0. The highest BCUT2D eigenvalue weighted by atomic mass is 35.5. The molecule has 0 bridgehead atoms. The van der Waals surface area contributed by atoms with Crippen LogP contribution in [0.4, 0.5) is 4.39 Å². The Labute approximate surface area is 72.2 Å². The van der Waals surface area contributed by atoms with Gasteiger partial charge in [-0.3, -0.25) is 0 Å². The number of thiophene rings is 1. The van der Waals surface area contributed by atoms with E-state index in [0.29, 0.717) is 10.4 Å². The van der Waals surface area contributed by atoms with Crippen molar-refractivity contribution in [3.63, 3.8) is 0 Å². The predicted molar refractivity (Wildman–Crippen MR) is 46.8 cm³/mol. The Morgan fingerprint density at radius 2 is 2.18 bits per heavy atom. The van der Waals surface area contributed by atoms with E-state index in [9.17, 15) is 4.39 Å². The van der Waals surface area contributed by atoms with Gasteiger partial charge in [0.15, 0.2) is 0 Å². The minimum atomic E-state index is -0.187. The second-order valence-corrected chi connectivity index (χ2v) is 3.57. The fourth-order valence-electron chi connectivity index (χ4n) is 0.970. The molecule has 1 aromatic carbocycles. The third-order valence-electron chi connectivity index (χ3n) is 1.49. The number of hydrogen-bond donors (Lipinski definition) is 0. The summed E-state index contributed by atoms with van der Waals surface area (Å²) < 4.78 is 13.8. The van der Waals surface area contributed by atoms with Crippen molar-refractivity contribution in [2.24, 2.45) is 0 Å². The lowest BCUT2D eigenvalue weighted by molar-refractivity contribution is 0.644.